The summed E-state index contributed by atoms with van der Waals surface area (Å²) in [5.74, 6) is 0.613. The predicted octanol–water partition coefficient (Wildman–Crippen LogP) is 2.24. The maximum atomic E-state index is 4.76. The predicted molar refractivity (Wildman–Crippen MR) is 35.2 cm³/mol. The van der Waals surface area contributed by atoms with Crippen LogP contribution in [0.25, 0.3) is 0 Å². The van der Waals surface area contributed by atoms with E-state index in [0.717, 1.165) is 0 Å². The van der Waals surface area contributed by atoms with Crippen LogP contribution in [0, 0.1) is 0 Å². The molecular formula is C7H10O. The summed E-state index contributed by atoms with van der Waals surface area (Å²) >= 11 is 0. The van der Waals surface area contributed by atoms with Gasteiger partial charge in [0.15, 0.2) is 0 Å². The molecule has 0 amide bonds. The first kappa shape index (κ1) is 7.02. The van der Waals surface area contributed by atoms with Crippen molar-refractivity contribution in [3.05, 3.63) is 37.3 Å². The molecule has 0 aliphatic rings. The minimum atomic E-state index is 0.613. The Bertz CT molecular complexity index is 112. The van der Waals surface area contributed by atoms with Crippen molar-refractivity contribution >= 4 is 0 Å². The average Bonchev–Trinajstić information content (AvgIpc) is 1.68. The van der Waals surface area contributed by atoms with Gasteiger partial charge in [-0.2, -0.15) is 0 Å². The van der Waals surface area contributed by atoms with Crippen molar-refractivity contribution in [2.24, 2.45) is 0 Å². The summed E-state index contributed by atoms with van der Waals surface area (Å²) in [5.41, 5.74) is 0. The molecule has 0 N–H and O–H groups in total. The lowest BCUT2D eigenvalue weighted by Gasteiger charge is -1.93. The lowest BCUT2D eigenvalue weighted by molar-refractivity contribution is 0.372. The smallest absolute Gasteiger partial charge is 0.118 e. The molecule has 0 atom stereocenters. The Morgan fingerprint density at radius 1 is 1.62 bits per heavy atom. The first-order valence-corrected chi connectivity index (χ1v) is 2.40. The van der Waals surface area contributed by atoms with Crippen LogP contribution in [0.5, 0.6) is 0 Å². The molecule has 0 bridgehead atoms. The standard InChI is InChI=1S/C7H10O/c1-4-6-7(3)8-5-2/h4-6H,2-3H2,1H3/b6-4-. The van der Waals surface area contributed by atoms with Gasteiger partial charge in [0.1, 0.15) is 5.76 Å². The molecular weight excluding hydrogens is 100 g/mol. The van der Waals surface area contributed by atoms with E-state index < -0.39 is 0 Å². The van der Waals surface area contributed by atoms with E-state index in [1.165, 1.54) is 6.26 Å². The molecule has 8 heavy (non-hydrogen) atoms. The molecule has 0 saturated heterocycles. The van der Waals surface area contributed by atoms with Gasteiger partial charge in [-0.1, -0.05) is 19.2 Å². The Morgan fingerprint density at radius 3 is 2.62 bits per heavy atom. The number of hydrogen-bond acceptors (Lipinski definition) is 1. The molecule has 0 fully saturated rings. The molecule has 0 radical (unpaired) electrons. The highest BCUT2D eigenvalue weighted by Crippen LogP contribution is 1.93. The lowest BCUT2D eigenvalue weighted by atomic mass is 10.5. The Morgan fingerprint density at radius 2 is 2.25 bits per heavy atom. The molecule has 0 aromatic rings. The molecule has 0 saturated carbocycles. The highest BCUT2D eigenvalue weighted by Gasteiger charge is 1.77. The van der Waals surface area contributed by atoms with Crippen molar-refractivity contribution < 1.29 is 4.74 Å². The Hall–Kier alpha value is -0.980. The van der Waals surface area contributed by atoms with E-state index in [0.29, 0.717) is 5.76 Å². The third kappa shape index (κ3) is 3.22. The van der Waals surface area contributed by atoms with Gasteiger partial charge in [-0.15, -0.1) is 0 Å². The second-order valence-electron chi connectivity index (χ2n) is 1.25. The lowest BCUT2D eigenvalue weighted by Crippen LogP contribution is -1.73. The van der Waals surface area contributed by atoms with Crippen molar-refractivity contribution in [1.29, 1.82) is 0 Å². The van der Waals surface area contributed by atoms with E-state index in [4.69, 9.17) is 4.74 Å². The van der Waals surface area contributed by atoms with E-state index in [1.54, 1.807) is 6.08 Å². The van der Waals surface area contributed by atoms with Crippen LogP contribution in [0.1, 0.15) is 6.92 Å². The van der Waals surface area contributed by atoms with Gasteiger partial charge >= 0.3 is 0 Å². The maximum Gasteiger partial charge on any atom is 0.118 e. The number of hydrogen-bond donors (Lipinski definition) is 0. The molecule has 0 heterocycles. The Labute approximate surface area is 50.0 Å². The first-order chi connectivity index (χ1) is 3.81. The molecule has 44 valence electrons. The van der Waals surface area contributed by atoms with E-state index >= 15 is 0 Å². The molecule has 0 spiro atoms. The van der Waals surface area contributed by atoms with E-state index in [-0.39, 0.29) is 0 Å². The molecule has 0 aliphatic carbocycles. The van der Waals surface area contributed by atoms with Crippen LogP contribution in [0.3, 0.4) is 0 Å². The summed E-state index contributed by atoms with van der Waals surface area (Å²) in [6.07, 6.45) is 4.97. The SMILES string of the molecule is C=COC(=C)/C=C\C. The van der Waals surface area contributed by atoms with Crippen LogP contribution in [-0.2, 0) is 4.74 Å². The fourth-order valence-electron chi connectivity index (χ4n) is 0.332. The summed E-state index contributed by atoms with van der Waals surface area (Å²) in [5, 5.41) is 0. The third-order valence-corrected chi connectivity index (χ3v) is 0.587. The molecule has 0 aliphatic heterocycles. The van der Waals surface area contributed by atoms with Crippen LogP contribution in [0.4, 0.5) is 0 Å². The molecule has 0 aromatic carbocycles. The molecule has 1 heteroatoms. The molecule has 0 rings (SSSR count). The second kappa shape index (κ2) is 4.19. The number of allylic oxidation sites excluding steroid dienone is 2. The van der Waals surface area contributed by atoms with E-state index in [9.17, 15) is 0 Å². The quantitative estimate of drug-likeness (QED) is 0.400. The van der Waals surface area contributed by atoms with E-state index in [2.05, 4.69) is 13.2 Å². The second-order valence-corrected chi connectivity index (χ2v) is 1.25. The van der Waals surface area contributed by atoms with Gasteiger partial charge in [0.05, 0.1) is 6.26 Å². The molecule has 0 aromatic heterocycles. The Balaban J connectivity index is 3.48. The number of ether oxygens (including phenoxy) is 1. The van der Waals surface area contributed by atoms with Gasteiger partial charge in [0, 0.05) is 0 Å². The minimum absolute atomic E-state index is 0.613. The number of rotatable bonds is 3. The fourth-order valence-corrected chi connectivity index (χ4v) is 0.332. The van der Waals surface area contributed by atoms with Gasteiger partial charge < -0.3 is 4.74 Å². The molecule has 1 nitrogen and oxygen atoms in total. The zero-order valence-electron chi connectivity index (χ0n) is 5.05. The zero-order valence-corrected chi connectivity index (χ0v) is 5.05. The first-order valence-electron chi connectivity index (χ1n) is 2.40. The van der Waals surface area contributed by atoms with Gasteiger partial charge in [-0.3, -0.25) is 0 Å². The fraction of sp³-hybridized carbons (Fsp3) is 0.143. The normalized spacial score (nSPS) is 9.12. The van der Waals surface area contributed by atoms with Crippen molar-refractivity contribution in [2.45, 2.75) is 6.92 Å². The summed E-state index contributed by atoms with van der Waals surface area (Å²) in [4.78, 5) is 0. The van der Waals surface area contributed by atoms with Crippen LogP contribution in [0.2, 0.25) is 0 Å². The van der Waals surface area contributed by atoms with Gasteiger partial charge in [-0.05, 0) is 13.0 Å². The summed E-state index contributed by atoms with van der Waals surface area (Å²) in [6, 6.07) is 0. The zero-order chi connectivity index (χ0) is 6.41. The summed E-state index contributed by atoms with van der Waals surface area (Å²) in [7, 11) is 0. The van der Waals surface area contributed by atoms with Crippen LogP contribution in [0.15, 0.2) is 37.3 Å². The average molecular weight is 110 g/mol. The summed E-state index contributed by atoms with van der Waals surface area (Å²) in [6.45, 7) is 8.82. The van der Waals surface area contributed by atoms with Crippen LogP contribution in [-0.4, -0.2) is 0 Å². The van der Waals surface area contributed by atoms with Crippen molar-refractivity contribution in [3.63, 3.8) is 0 Å². The van der Waals surface area contributed by atoms with Gasteiger partial charge in [-0.25, -0.2) is 0 Å². The Kier molecular flexibility index (Phi) is 3.67. The van der Waals surface area contributed by atoms with Crippen LogP contribution < -0.4 is 0 Å². The maximum absolute atomic E-state index is 4.76. The van der Waals surface area contributed by atoms with Crippen molar-refractivity contribution in [2.75, 3.05) is 0 Å². The topological polar surface area (TPSA) is 9.23 Å². The minimum Gasteiger partial charge on any atom is -0.466 e. The highest BCUT2D eigenvalue weighted by atomic mass is 16.5. The highest BCUT2D eigenvalue weighted by molar-refractivity contribution is 5.06. The summed E-state index contributed by atoms with van der Waals surface area (Å²) < 4.78 is 4.76. The largest absolute Gasteiger partial charge is 0.466 e. The van der Waals surface area contributed by atoms with Gasteiger partial charge in [0.25, 0.3) is 0 Å². The van der Waals surface area contributed by atoms with Gasteiger partial charge in [0.2, 0.25) is 0 Å². The molecule has 0 unspecified atom stereocenters. The van der Waals surface area contributed by atoms with Crippen LogP contribution >= 0.6 is 0 Å². The van der Waals surface area contributed by atoms with E-state index in [1.807, 2.05) is 13.0 Å². The third-order valence-electron chi connectivity index (χ3n) is 0.587. The van der Waals surface area contributed by atoms with Crippen molar-refractivity contribution in [3.8, 4) is 0 Å². The van der Waals surface area contributed by atoms with Crippen molar-refractivity contribution in [1.82, 2.24) is 0 Å². The monoisotopic (exact) mass is 110 g/mol.